The highest BCUT2D eigenvalue weighted by Gasteiger charge is 2.13. The molecule has 1 aromatic rings. The standard InChI is InChI=1S/C15H20ClN/c1-11(2)13-7-12(8-14(16)10-13)9-15-5-3-4-6-17-15/h7-8,10,15,17H,1,3-6,9H2,2H3. The van der Waals surface area contributed by atoms with Crippen LogP contribution in [0.4, 0.5) is 0 Å². The quantitative estimate of drug-likeness (QED) is 0.852. The van der Waals surface area contributed by atoms with E-state index in [1.54, 1.807) is 0 Å². The van der Waals surface area contributed by atoms with Gasteiger partial charge in [0.25, 0.3) is 0 Å². The second-order valence-electron chi connectivity index (χ2n) is 4.98. The molecule has 1 nitrogen and oxygen atoms in total. The molecule has 2 heteroatoms. The SMILES string of the molecule is C=C(C)c1cc(Cl)cc(CC2CCCCN2)c1. The summed E-state index contributed by atoms with van der Waals surface area (Å²) in [7, 11) is 0. The number of rotatable bonds is 3. The smallest absolute Gasteiger partial charge is 0.0414 e. The summed E-state index contributed by atoms with van der Waals surface area (Å²) >= 11 is 6.15. The number of allylic oxidation sites excluding steroid dienone is 1. The first-order valence-electron chi connectivity index (χ1n) is 6.34. The molecule has 1 unspecified atom stereocenters. The van der Waals surface area contributed by atoms with E-state index in [2.05, 4.69) is 24.0 Å². The lowest BCUT2D eigenvalue weighted by Gasteiger charge is -2.23. The lowest BCUT2D eigenvalue weighted by atomic mass is 9.96. The van der Waals surface area contributed by atoms with Crippen LogP contribution in [0.1, 0.15) is 37.3 Å². The Labute approximate surface area is 109 Å². The topological polar surface area (TPSA) is 12.0 Å². The lowest BCUT2D eigenvalue weighted by Crippen LogP contribution is -2.35. The van der Waals surface area contributed by atoms with Crippen molar-refractivity contribution >= 4 is 17.2 Å². The first-order valence-corrected chi connectivity index (χ1v) is 6.71. The van der Waals surface area contributed by atoms with Crippen LogP contribution < -0.4 is 5.32 Å². The molecule has 0 aliphatic carbocycles. The Hall–Kier alpha value is -0.790. The summed E-state index contributed by atoms with van der Waals surface area (Å²) in [6, 6.07) is 6.89. The van der Waals surface area contributed by atoms with Crippen LogP contribution in [0.15, 0.2) is 24.8 Å². The molecule has 1 N–H and O–H groups in total. The van der Waals surface area contributed by atoms with Gasteiger partial charge in [-0.25, -0.2) is 0 Å². The van der Waals surface area contributed by atoms with E-state index in [0.717, 1.165) is 29.1 Å². The third-order valence-electron chi connectivity index (χ3n) is 3.34. The largest absolute Gasteiger partial charge is 0.314 e. The molecule has 1 aromatic carbocycles. The summed E-state index contributed by atoms with van der Waals surface area (Å²) in [6.07, 6.45) is 4.99. The van der Waals surface area contributed by atoms with E-state index in [4.69, 9.17) is 11.6 Å². The van der Waals surface area contributed by atoms with E-state index < -0.39 is 0 Å². The molecule has 1 heterocycles. The van der Waals surface area contributed by atoms with Crippen molar-refractivity contribution in [2.24, 2.45) is 0 Å². The van der Waals surface area contributed by atoms with E-state index >= 15 is 0 Å². The van der Waals surface area contributed by atoms with Gasteiger partial charge in [-0.3, -0.25) is 0 Å². The van der Waals surface area contributed by atoms with Crippen molar-refractivity contribution in [2.45, 2.75) is 38.6 Å². The fraction of sp³-hybridized carbons (Fsp3) is 0.467. The number of hydrogen-bond donors (Lipinski definition) is 1. The lowest BCUT2D eigenvalue weighted by molar-refractivity contribution is 0.399. The predicted molar refractivity (Wildman–Crippen MR) is 75.5 cm³/mol. The molecule has 1 saturated heterocycles. The highest BCUT2D eigenvalue weighted by Crippen LogP contribution is 2.22. The van der Waals surface area contributed by atoms with Crippen molar-refractivity contribution in [3.05, 3.63) is 40.9 Å². The number of piperidine rings is 1. The highest BCUT2D eigenvalue weighted by molar-refractivity contribution is 6.30. The average Bonchev–Trinajstić information content (AvgIpc) is 2.29. The number of hydrogen-bond acceptors (Lipinski definition) is 1. The maximum Gasteiger partial charge on any atom is 0.0414 e. The molecule has 1 aliphatic heterocycles. The van der Waals surface area contributed by atoms with Gasteiger partial charge >= 0.3 is 0 Å². The summed E-state index contributed by atoms with van der Waals surface area (Å²) in [6.45, 7) is 7.15. The zero-order chi connectivity index (χ0) is 12.3. The fourth-order valence-corrected chi connectivity index (χ4v) is 2.66. The van der Waals surface area contributed by atoms with Gasteiger partial charge in [-0.1, -0.05) is 36.2 Å². The van der Waals surface area contributed by atoms with Crippen molar-refractivity contribution in [2.75, 3.05) is 6.54 Å². The van der Waals surface area contributed by atoms with Gasteiger partial charge < -0.3 is 5.32 Å². The molecule has 0 radical (unpaired) electrons. The van der Waals surface area contributed by atoms with Gasteiger partial charge in [0, 0.05) is 11.1 Å². The molecule has 17 heavy (non-hydrogen) atoms. The first kappa shape index (κ1) is 12.7. The van der Waals surface area contributed by atoms with E-state index in [1.165, 1.54) is 24.8 Å². The summed E-state index contributed by atoms with van der Waals surface area (Å²) < 4.78 is 0. The minimum atomic E-state index is 0.611. The minimum Gasteiger partial charge on any atom is -0.314 e. The Bertz CT molecular complexity index is 405. The predicted octanol–water partition coefficient (Wildman–Crippen LogP) is 4.06. The Morgan fingerprint density at radius 3 is 2.88 bits per heavy atom. The fourth-order valence-electron chi connectivity index (χ4n) is 2.40. The molecule has 1 atom stereocenters. The monoisotopic (exact) mass is 249 g/mol. The van der Waals surface area contributed by atoms with Crippen molar-refractivity contribution < 1.29 is 0 Å². The van der Waals surface area contributed by atoms with E-state index in [1.807, 2.05) is 13.0 Å². The zero-order valence-corrected chi connectivity index (χ0v) is 11.2. The van der Waals surface area contributed by atoms with Crippen LogP contribution >= 0.6 is 11.6 Å². The first-order chi connectivity index (χ1) is 8.15. The molecule has 0 saturated carbocycles. The van der Waals surface area contributed by atoms with Crippen molar-refractivity contribution in [3.8, 4) is 0 Å². The van der Waals surface area contributed by atoms with Gasteiger partial charge in [0.15, 0.2) is 0 Å². The Kier molecular flexibility index (Phi) is 4.25. The highest BCUT2D eigenvalue weighted by atomic mass is 35.5. The molecule has 0 aromatic heterocycles. The van der Waals surface area contributed by atoms with Crippen LogP contribution in [0.3, 0.4) is 0 Å². The van der Waals surface area contributed by atoms with Crippen LogP contribution in [-0.2, 0) is 6.42 Å². The van der Waals surface area contributed by atoms with E-state index in [-0.39, 0.29) is 0 Å². The third kappa shape index (κ3) is 3.58. The van der Waals surface area contributed by atoms with Gasteiger partial charge in [-0.15, -0.1) is 0 Å². The number of benzene rings is 1. The van der Waals surface area contributed by atoms with Gasteiger partial charge in [-0.05, 0) is 56.0 Å². The zero-order valence-electron chi connectivity index (χ0n) is 10.4. The van der Waals surface area contributed by atoms with Gasteiger partial charge in [0.2, 0.25) is 0 Å². The molecular formula is C15H20ClN. The van der Waals surface area contributed by atoms with Crippen molar-refractivity contribution in [3.63, 3.8) is 0 Å². The summed E-state index contributed by atoms with van der Waals surface area (Å²) in [5.41, 5.74) is 3.54. The maximum absolute atomic E-state index is 6.15. The van der Waals surface area contributed by atoms with Gasteiger partial charge in [0.05, 0.1) is 0 Å². The van der Waals surface area contributed by atoms with Crippen LogP contribution in [0.25, 0.3) is 5.57 Å². The maximum atomic E-state index is 6.15. The molecule has 1 fully saturated rings. The average molecular weight is 250 g/mol. The van der Waals surface area contributed by atoms with Crippen LogP contribution in [-0.4, -0.2) is 12.6 Å². The normalized spacial score (nSPS) is 20.2. The molecular weight excluding hydrogens is 230 g/mol. The van der Waals surface area contributed by atoms with Crippen LogP contribution in [0, 0.1) is 0 Å². The summed E-state index contributed by atoms with van der Waals surface area (Å²) in [5.74, 6) is 0. The molecule has 0 amide bonds. The van der Waals surface area contributed by atoms with Crippen LogP contribution in [0.5, 0.6) is 0 Å². The van der Waals surface area contributed by atoms with E-state index in [9.17, 15) is 0 Å². The second-order valence-corrected chi connectivity index (χ2v) is 5.42. The Balaban J connectivity index is 2.11. The third-order valence-corrected chi connectivity index (χ3v) is 3.56. The van der Waals surface area contributed by atoms with Crippen molar-refractivity contribution in [1.29, 1.82) is 0 Å². The van der Waals surface area contributed by atoms with Gasteiger partial charge in [0.1, 0.15) is 0 Å². The Morgan fingerprint density at radius 1 is 1.41 bits per heavy atom. The Morgan fingerprint density at radius 2 is 2.24 bits per heavy atom. The number of nitrogens with one attached hydrogen (secondary N) is 1. The van der Waals surface area contributed by atoms with Gasteiger partial charge in [-0.2, -0.15) is 0 Å². The van der Waals surface area contributed by atoms with Crippen LogP contribution in [0.2, 0.25) is 5.02 Å². The van der Waals surface area contributed by atoms with E-state index in [0.29, 0.717) is 6.04 Å². The molecule has 2 rings (SSSR count). The molecule has 0 spiro atoms. The molecule has 0 bridgehead atoms. The summed E-state index contributed by atoms with van der Waals surface area (Å²) in [4.78, 5) is 0. The minimum absolute atomic E-state index is 0.611. The van der Waals surface area contributed by atoms with Crippen molar-refractivity contribution in [1.82, 2.24) is 5.32 Å². The molecule has 1 aliphatic rings. The molecule has 92 valence electrons. The summed E-state index contributed by atoms with van der Waals surface area (Å²) in [5, 5.41) is 4.39. The second kappa shape index (κ2) is 5.70. The number of halogens is 1.